The largest absolute Gasteiger partial charge is 0.341 e. The van der Waals surface area contributed by atoms with E-state index in [1.54, 1.807) is 11.8 Å². The lowest BCUT2D eigenvalue weighted by atomic mass is 9.96. The van der Waals surface area contributed by atoms with Crippen molar-refractivity contribution in [3.63, 3.8) is 0 Å². The summed E-state index contributed by atoms with van der Waals surface area (Å²) >= 11 is 0. The SMILES string of the molecule is Cc1cc(C)c(S(=O)(=O)N2CCCC2C(=O)N2CCC(c3nc(C)no3)CC2)c(C)c1. The highest BCUT2D eigenvalue weighted by Gasteiger charge is 2.43. The first kappa shape index (κ1) is 22.0. The first-order valence-corrected chi connectivity index (χ1v) is 12.3. The van der Waals surface area contributed by atoms with Gasteiger partial charge in [0, 0.05) is 25.6 Å². The normalized spacial score (nSPS) is 21.0. The summed E-state index contributed by atoms with van der Waals surface area (Å²) < 4.78 is 33.8. The van der Waals surface area contributed by atoms with Crippen LogP contribution in [0.15, 0.2) is 21.6 Å². The Morgan fingerprint density at radius 2 is 1.68 bits per heavy atom. The van der Waals surface area contributed by atoms with Crippen LogP contribution in [0.1, 0.15) is 60.0 Å². The fourth-order valence-electron chi connectivity index (χ4n) is 5.00. The van der Waals surface area contributed by atoms with Crippen LogP contribution in [0, 0.1) is 27.7 Å². The summed E-state index contributed by atoms with van der Waals surface area (Å²) in [5.74, 6) is 1.29. The second kappa shape index (κ2) is 8.35. The molecule has 0 bridgehead atoms. The van der Waals surface area contributed by atoms with Gasteiger partial charge in [-0.1, -0.05) is 22.9 Å². The molecule has 9 heteroatoms. The third kappa shape index (κ3) is 4.13. The smallest absolute Gasteiger partial charge is 0.244 e. The highest BCUT2D eigenvalue weighted by Crippen LogP contribution is 2.33. The number of likely N-dealkylation sites (tertiary alicyclic amines) is 1. The number of sulfonamides is 1. The number of carbonyl (C=O) groups is 1. The predicted molar refractivity (Wildman–Crippen MR) is 115 cm³/mol. The second-order valence-electron chi connectivity index (χ2n) is 8.78. The lowest BCUT2D eigenvalue weighted by Gasteiger charge is -2.34. The molecule has 2 aromatic rings. The fraction of sp³-hybridized carbons (Fsp3) is 0.591. The summed E-state index contributed by atoms with van der Waals surface area (Å²) in [5.41, 5.74) is 2.49. The van der Waals surface area contributed by atoms with E-state index in [4.69, 9.17) is 4.52 Å². The molecule has 1 aromatic heterocycles. The lowest BCUT2D eigenvalue weighted by Crippen LogP contribution is -2.49. The van der Waals surface area contributed by atoms with Gasteiger partial charge in [-0.05, 0) is 64.5 Å². The summed E-state index contributed by atoms with van der Waals surface area (Å²) in [6, 6.07) is 3.14. The Labute approximate surface area is 183 Å². The molecule has 2 aliphatic rings. The first-order chi connectivity index (χ1) is 14.7. The van der Waals surface area contributed by atoms with E-state index in [0.717, 1.165) is 29.5 Å². The molecule has 2 aliphatic heterocycles. The van der Waals surface area contributed by atoms with Gasteiger partial charge in [0.05, 0.1) is 4.90 Å². The molecule has 1 amide bonds. The van der Waals surface area contributed by atoms with E-state index in [0.29, 0.717) is 49.1 Å². The Morgan fingerprint density at radius 1 is 1.03 bits per heavy atom. The minimum absolute atomic E-state index is 0.0938. The lowest BCUT2D eigenvalue weighted by molar-refractivity contribution is -0.135. The summed E-state index contributed by atoms with van der Waals surface area (Å²) in [7, 11) is -3.75. The van der Waals surface area contributed by atoms with Gasteiger partial charge >= 0.3 is 0 Å². The highest BCUT2D eigenvalue weighted by atomic mass is 32.2. The van der Waals surface area contributed by atoms with Crippen LogP contribution in [-0.4, -0.2) is 59.3 Å². The minimum Gasteiger partial charge on any atom is -0.341 e. The predicted octanol–water partition coefficient (Wildman–Crippen LogP) is 2.86. The van der Waals surface area contributed by atoms with Gasteiger partial charge in [0.15, 0.2) is 5.82 Å². The van der Waals surface area contributed by atoms with Crippen molar-refractivity contribution in [2.45, 2.75) is 70.2 Å². The number of rotatable bonds is 4. The molecule has 2 saturated heterocycles. The fourth-order valence-corrected chi connectivity index (χ4v) is 7.07. The average molecular weight is 447 g/mol. The molecule has 168 valence electrons. The third-order valence-corrected chi connectivity index (χ3v) is 8.57. The highest BCUT2D eigenvalue weighted by molar-refractivity contribution is 7.89. The Bertz CT molecular complexity index is 1060. The maximum atomic E-state index is 13.6. The van der Waals surface area contributed by atoms with Gasteiger partial charge in [0.1, 0.15) is 6.04 Å². The molecule has 1 atom stereocenters. The Morgan fingerprint density at radius 3 is 2.26 bits per heavy atom. The molecule has 31 heavy (non-hydrogen) atoms. The number of benzene rings is 1. The Kier molecular flexibility index (Phi) is 5.91. The van der Waals surface area contributed by atoms with E-state index in [1.165, 1.54) is 4.31 Å². The molecule has 0 N–H and O–H groups in total. The average Bonchev–Trinajstić information content (AvgIpc) is 3.36. The number of carbonyl (C=O) groups excluding carboxylic acids is 1. The molecular formula is C22H30N4O4S. The zero-order valence-corrected chi connectivity index (χ0v) is 19.4. The number of hydrogen-bond donors (Lipinski definition) is 0. The topological polar surface area (TPSA) is 96.6 Å². The number of hydrogen-bond acceptors (Lipinski definition) is 6. The zero-order valence-electron chi connectivity index (χ0n) is 18.6. The van der Waals surface area contributed by atoms with Crippen molar-refractivity contribution < 1.29 is 17.7 Å². The quantitative estimate of drug-likeness (QED) is 0.716. The maximum Gasteiger partial charge on any atom is 0.244 e. The molecule has 0 spiro atoms. The van der Waals surface area contributed by atoms with Crippen molar-refractivity contribution in [2.75, 3.05) is 19.6 Å². The van der Waals surface area contributed by atoms with Crippen LogP contribution in [0.25, 0.3) is 0 Å². The van der Waals surface area contributed by atoms with Crippen LogP contribution >= 0.6 is 0 Å². The number of piperidine rings is 1. The molecular weight excluding hydrogens is 416 g/mol. The van der Waals surface area contributed by atoms with Gasteiger partial charge in [0.2, 0.25) is 21.8 Å². The number of aryl methyl sites for hydroxylation is 4. The standard InChI is InChI=1S/C22H30N4O4S/c1-14-12-15(2)20(16(3)13-14)31(28,29)26-9-5-6-19(26)22(27)25-10-7-18(8-11-25)21-23-17(4)24-30-21/h12-13,18-19H,5-11H2,1-4H3. The maximum absolute atomic E-state index is 13.6. The summed E-state index contributed by atoms with van der Waals surface area (Å²) in [4.78, 5) is 19.8. The summed E-state index contributed by atoms with van der Waals surface area (Å²) in [5, 5.41) is 3.85. The molecule has 0 saturated carbocycles. The van der Waals surface area contributed by atoms with Crippen molar-refractivity contribution in [1.29, 1.82) is 0 Å². The van der Waals surface area contributed by atoms with E-state index in [1.807, 2.05) is 32.9 Å². The van der Waals surface area contributed by atoms with Gasteiger partial charge in [-0.2, -0.15) is 9.29 Å². The second-order valence-corrected chi connectivity index (χ2v) is 10.6. The summed E-state index contributed by atoms with van der Waals surface area (Å²) in [6.07, 6.45) is 2.73. The van der Waals surface area contributed by atoms with Crippen LogP contribution in [0.5, 0.6) is 0 Å². The molecule has 0 radical (unpaired) electrons. The third-order valence-electron chi connectivity index (χ3n) is 6.36. The Hall–Kier alpha value is -2.26. The van der Waals surface area contributed by atoms with Crippen LogP contribution < -0.4 is 0 Å². The zero-order chi connectivity index (χ0) is 22.3. The number of amides is 1. The van der Waals surface area contributed by atoms with E-state index in [2.05, 4.69) is 10.1 Å². The van der Waals surface area contributed by atoms with Crippen molar-refractivity contribution in [1.82, 2.24) is 19.3 Å². The molecule has 4 rings (SSSR count). The van der Waals surface area contributed by atoms with Gasteiger partial charge < -0.3 is 9.42 Å². The van der Waals surface area contributed by atoms with Gasteiger partial charge in [-0.15, -0.1) is 0 Å². The molecule has 0 aliphatic carbocycles. The molecule has 2 fully saturated rings. The van der Waals surface area contributed by atoms with E-state index in [-0.39, 0.29) is 11.8 Å². The molecule has 8 nitrogen and oxygen atoms in total. The van der Waals surface area contributed by atoms with Crippen molar-refractivity contribution in [3.05, 3.63) is 40.5 Å². The van der Waals surface area contributed by atoms with Gasteiger partial charge in [-0.3, -0.25) is 4.79 Å². The number of aromatic nitrogens is 2. The first-order valence-electron chi connectivity index (χ1n) is 10.9. The monoisotopic (exact) mass is 446 g/mol. The van der Waals surface area contributed by atoms with Gasteiger partial charge in [0.25, 0.3) is 0 Å². The van der Waals surface area contributed by atoms with E-state index >= 15 is 0 Å². The van der Waals surface area contributed by atoms with Gasteiger partial charge in [-0.25, -0.2) is 8.42 Å². The van der Waals surface area contributed by atoms with Crippen molar-refractivity contribution in [3.8, 4) is 0 Å². The van der Waals surface area contributed by atoms with E-state index < -0.39 is 16.1 Å². The molecule has 1 aromatic carbocycles. The van der Waals surface area contributed by atoms with Crippen LogP contribution in [-0.2, 0) is 14.8 Å². The van der Waals surface area contributed by atoms with Crippen LogP contribution in [0.3, 0.4) is 0 Å². The van der Waals surface area contributed by atoms with Crippen molar-refractivity contribution in [2.24, 2.45) is 0 Å². The summed E-state index contributed by atoms with van der Waals surface area (Å²) in [6.45, 7) is 8.91. The van der Waals surface area contributed by atoms with Crippen LogP contribution in [0.4, 0.5) is 0 Å². The van der Waals surface area contributed by atoms with Crippen molar-refractivity contribution >= 4 is 15.9 Å². The molecule has 1 unspecified atom stereocenters. The minimum atomic E-state index is -3.75. The number of nitrogens with zero attached hydrogens (tertiary/aromatic N) is 4. The Balaban J connectivity index is 1.50. The van der Waals surface area contributed by atoms with E-state index in [9.17, 15) is 13.2 Å². The van der Waals surface area contributed by atoms with Crippen LogP contribution in [0.2, 0.25) is 0 Å². The molecule has 3 heterocycles.